The number of fused-ring (bicyclic) bond motifs is 1. The number of hydrogen-bond acceptors (Lipinski definition) is 7. The monoisotopic (exact) mass is 467 g/mol. The Morgan fingerprint density at radius 1 is 0.938 bits per heavy atom. The second-order valence-electron chi connectivity index (χ2n) is 6.91. The number of hydrogen-bond donors (Lipinski definition) is 3. The van der Waals surface area contributed by atoms with Crippen LogP contribution in [0, 0.1) is 0 Å². The minimum Gasteiger partial charge on any atom is -0.423 e. The average molecular weight is 467 g/mol. The molecule has 0 saturated heterocycles. The highest BCUT2D eigenvalue weighted by molar-refractivity contribution is 7.92. The molecule has 0 aliphatic rings. The van der Waals surface area contributed by atoms with Gasteiger partial charge in [0.2, 0.25) is 9.84 Å². The molecule has 0 aliphatic heterocycles. The molecule has 3 N–H and O–H groups in total. The topological polar surface area (TPSA) is 113 Å². The van der Waals surface area contributed by atoms with Gasteiger partial charge in [-0.15, -0.1) is 11.3 Å². The molecule has 32 heavy (non-hydrogen) atoms. The fourth-order valence-electron chi connectivity index (χ4n) is 3.17. The van der Waals surface area contributed by atoms with Gasteiger partial charge in [-0.1, -0.05) is 60.7 Å². The fourth-order valence-corrected chi connectivity index (χ4v) is 6.23. The Kier molecular flexibility index (Phi) is 6.40. The molecule has 0 atom stereocenters. The third kappa shape index (κ3) is 4.45. The maximum absolute atomic E-state index is 13.4. The highest BCUT2D eigenvalue weighted by atomic mass is 32.2. The molecular weight excluding hydrogens is 449 g/mol. The van der Waals surface area contributed by atoms with Crippen molar-refractivity contribution in [1.82, 2.24) is 5.48 Å². The Bertz CT molecular complexity index is 1350. The van der Waals surface area contributed by atoms with E-state index >= 15 is 0 Å². The van der Waals surface area contributed by atoms with Crippen molar-refractivity contribution in [2.45, 2.75) is 16.4 Å². The molecule has 1 aromatic heterocycles. The van der Waals surface area contributed by atoms with Crippen molar-refractivity contribution in [1.29, 1.82) is 0 Å². The van der Waals surface area contributed by atoms with Crippen molar-refractivity contribution < 1.29 is 28.1 Å². The van der Waals surface area contributed by atoms with Crippen LogP contribution in [0.5, 0.6) is 0 Å². The SMILES string of the molecule is O=C(NOCc1ccc(B(O)O)cc1)c1sc2ccccc2c1S(=O)(=O)c1ccccc1. The van der Waals surface area contributed by atoms with Crippen molar-refractivity contribution in [2.75, 3.05) is 0 Å². The Morgan fingerprint density at radius 3 is 2.28 bits per heavy atom. The maximum atomic E-state index is 13.4. The molecule has 3 aromatic carbocycles. The second-order valence-corrected chi connectivity index (χ2v) is 9.85. The van der Waals surface area contributed by atoms with E-state index < -0.39 is 22.9 Å². The average Bonchev–Trinajstić information content (AvgIpc) is 3.20. The van der Waals surface area contributed by atoms with Crippen LogP contribution in [0.15, 0.2) is 88.7 Å². The second kappa shape index (κ2) is 9.23. The molecule has 1 amide bonds. The van der Waals surface area contributed by atoms with Crippen LogP contribution in [0.1, 0.15) is 15.2 Å². The standard InChI is InChI=1S/C22H18BNO6S2/c25-22(24-30-14-15-10-12-16(13-11-15)23(26)27)20-21(18-8-4-5-9-19(18)31-20)32(28,29)17-6-2-1-3-7-17/h1-13,26-27H,14H2,(H,24,25). The molecule has 162 valence electrons. The number of thiophene rings is 1. The number of sulfone groups is 1. The number of nitrogens with one attached hydrogen (secondary N) is 1. The van der Waals surface area contributed by atoms with E-state index in [-0.39, 0.29) is 21.3 Å². The van der Waals surface area contributed by atoms with Gasteiger partial charge in [0, 0.05) is 10.1 Å². The molecule has 0 bridgehead atoms. The van der Waals surface area contributed by atoms with Gasteiger partial charge in [-0.2, -0.15) is 0 Å². The van der Waals surface area contributed by atoms with Crippen molar-refractivity contribution in [3.8, 4) is 0 Å². The molecule has 0 unspecified atom stereocenters. The summed E-state index contributed by atoms with van der Waals surface area (Å²) in [5, 5.41) is 18.8. The summed E-state index contributed by atoms with van der Waals surface area (Å²) in [5.74, 6) is -0.664. The quantitative estimate of drug-likeness (QED) is 0.284. The summed E-state index contributed by atoms with van der Waals surface area (Å²) in [4.78, 5) is 18.3. The fraction of sp³-hybridized carbons (Fsp3) is 0.0455. The molecule has 0 spiro atoms. The first-order valence-electron chi connectivity index (χ1n) is 9.56. The summed E-state index contributed by atoms with van der Waals surface area (Å²) in [6, 6.07) is 21.2. The van der Waals surface area contributed by atoms with Crippen molar-refractivity contribution >= 4 is 49.7 Å². The molecule has 0 saturated carbocycles. The molecule has 10 heteroatoms. The first-order valence-corrected chi connectivity index (χ1v) is 11.9. The minimum atomic E-state index is -3.94. The Balaban J connectivity index is 1.60. The van der Waals surface area contributed by atoms with Gasteiger partial charge in [0.1, 0.15) is 9.77 Å². The number of amides is 1. The molecule has 4 rings (SSSR count). The molecule has 0 radical (unpaired) electrons. The van der Waals surface area contributed by atoms with Crippen molar-refractivity contribution in [3.63, 3.8) is 0 Å². The highest BCUT2D eigenvalue weighted by Gasteiger charge is 2.29. The summed E-state index contributed by atoms with van der Waals surface area (Å²) in [7, 11) is -5.51. The van der Waals surface area contributed by atoms with E-state index in [1.807, 2.05) is 0 Å². The Morgan fingerprint density at radius 2 is 1.59 bits per heavy atom. The van der Waals surface area contributed by atoms with E-state index in [2.05, 4.69) is 5.48 Å². The molecule has 4 aromatic rings. The smallest absolute Gasteiger partial charge is 0.423 e. The minimum absolute atomic E-state index is 0.0131. The number of carbonyl (C=O) groups is 1. The van der Waals surface area contributed by atoms with Gasteiger partial charge in [-0.3, -0.25) is 9.63 Å². The van der Waals surface area contributed by atoms with Gasteiger partial charge in [0.15, 0.2) is 0 Å². The first-order chi connectivity index (χ1) is 15.4. The predicted octanol–water partition coefficient (Wildman–Crippen LogP) is 2.28. The van der Waals surface area contributed by atoms with E-state index in [1.54, 1.807) is 54.6 Å². The zero-order chi connectivity index (χ0) is 22.7. The van der Waals surface area contributed by atoms with E-state index in [1.165, 1.54) is 24.3 Å². The van der Waals surface area contributed by atoms with E-state index in [0.29, 0.717) is 21.1 Å². The van der Waals surface area contributed by atoms with E-state index in [4.69, 9.17) is 14.9 Å². The lowest BCUT2D eigenvalue weighted by Gasteiger charge is -2.09. The third-order valence-corrected chi connectivity index (χ3v) is 7.91. The van der Waals surface area contributed by atoms with Crippen LogP contribution >= 0.6 is 11.3 Å². The van der Waals surface area contributed by atoms with Crippen LogP contribution < -0.4 is 10.9 Å². The molecule has 0 aliphatic carbocycles. The summed E-state index contributed by atoms with van der Waals surface area (Å²) < 4.78 is 27.4. The zero-order valence-corrected chi connectivity index (χ0v) is 18.3. The van der Waals surface area contributed by atoms with Crippen LogP contribution in [-0.4, -0.2) is 31.5 Å². The lowest BCUT2D eigenvalue weighted by atomic mass is 9.80. The van der Waals surface area contributed by atoms with Crippen LogP contribution in [0.25, 0.3) is 10.1 Å². The molecular formula is C22H18BNO6S2. The van der Waals surface area contributed by atoms with Gasteiger partial charge in [0.25, 0.3) is 5.91 Å². The summed E-state index contributed by atoms with van der Waals surface area (Å²) in [5.41, 5.74) is 3.33. The van der Waals surface area contributed by atoms with Crippen molar-refractivity contribution in [2.24, 2.45) is 0 Å². The maximum Gasteiger partial charge on any atom is 0.488 e. The molecule has 0 fully saturated rings. The summed E-state index contributed by atoms with van der Waals surface area (Å²) in [6.07, 6.45) is 0. The van der Waals surface area contributed by atoms with Gasteiger partial charge in [-0.05, 0) is 29.2 Å². The number of benzene rings is 3. The Hall–Kier alpha value is -3.02. The third-order valence-electron chi connectivity index (χ3n) is 4.76. The van der Waals surface area contributed by atoms with E-state index in [9.17, 15) is 13.2 Å². The Labute approximate surface area is 188 Å². The zero-order valence-electron chi connectivity index (χ0n) is 16.6. The largest absolute Gasteiger partial charge is 0.488 e. The number of hydroxylamine groups is 1. The van der Waals surface area contributed by atoms with Gasteiger partial charge >= 0.3 is 7.12 Å². The first kappa shape index (κ1) is 22.2. The van der Waals surface area contributed by atoms with E-state index in [0.717, 1.165) is 11.3 Å². The molecule has 7 nitrogen and oxygen atoms in total. The molecule has 1 heterocycles. The van der Waals surface area contributed by atoms with Gasteiger partial charge in [-0.25, -0.2) is 13.9 Å². The van der Waals surface area contributed by atoms with Crippen LogP contribution in [0.2, 0.25) is 0 Å². The normalized spacial score (nSPS) is 11.4. The summed E-state index contributed by atoms with van der Waals surface area (Å²) >= 11 is 1.08. The number of carbonyl (C=O) groups excluding carboxylic acids is 1. The van der Waals surface area contributed by atoms with Crippen LogP contribution in [0.3, 0.4) is 0 Å². The van der Waals surface area contributed by atoms with Crippen molar-refractivity contribution in [3.05, 3.63) is 89.3 Å². The van der Waals surface area contributed by atoms with Crippen LogP contribution in [0.4, 0.5) is 0 Å². The van der Waals surface area contributed by atoms with Crippen LogP contribution in [-0.2, 0) is 21.3 Å². The predicted molar refractivity (Wildman–Crippen MR) is 122 cm³/mol. The van der Waals surface area contributed by atoms with Gasteiger partial charge in [0.05, 0.1) is 11.5 Å². The highest BCUT2D eigenvalue weighted by Crippen LogP contribution is 2.37. The number of rotatable bonds is 7. The lowest BCUT2D eigenvalue weighted by Crippen LogP contribution is -2.29. The van der Waals surface area contributed by atoms with Gasteiger partial charge < -0.3 is 10.0 Å². The lowest BCUT2D eigenvalue weighted by molar-refractivity contribution is 0.0235. The summed E-state index contributed by atoms with van der Waals surface area (Å²) in [6.45, 7) is 0.0131.